The number of hydrogen-bond donors (Lipinski definition) is 2. The zero-order chi connectivity index (χ0) is 17.0. The Morgan fingerprint density at radius 2 is 1.70 bits per heavy atom. The van der Waals surface area contributed by atoms with Crippen LogP contribution in [-0.2, 0) is 6.18 Å². The molecule has 0 amide bonds. The van der Waals surface area contributed by atoms with Gasteiger partial charge in [0.2, 0.25) is 0 Å². The van der Waals surface area contributed by atoms with Crippen molar-refractivity contribution >= 4 is 28.7 Å². The summed E-state index contributed by atoms with van der Waals surface area (Å²) in [7, 11) is 0. The van der Waals surface area contributed by atoms with Crippen molar-refractivity contribution in [2.75, 3.05) is 10.6 Å². The van der Waals surface area contributed by atoms with Crippen molar-refractivity contribution in [3.8, 4) is 0 Å². The van der Waals surface area contributed by atoms with Crippen molar-refractivity contribution in [2.45, 2.75) is 25.9 Å². The minimum atomic E-state index is -4.38. The molecule has 0 heterocycles. The molecule has 0 aliphatic carbocycles. The van der Waals surface area contributed by atoms with Crippen LogP contribution in [0.1, 0.15) is 30.9 Å². The zero-order valence-corrected chi connectivity index (χ0v) is 13.6. The van der Waals surface area contributed by atoms with E-state index in [-0.39, 0.29) is 5.11 Å². The lowest BCUT2D eigenvalue weighted by atomic mass is 10.0. The average molecular weight is 338 g/mol. The summed E-state index contributed by atoms with van der Waals surface area (Å²) in [5.74, 6) is 0.301. The van der Waals surface area contributed by atoms with Crippen molar-refractivity contribution in [3.63, 3.8) is 0 Å². The molecule has 0 spiro atoms. The summed E-state index contributed by atoms with van der Waals surface area (Å²) in [6, 6.07) is 12.6. The van der Waals surface area contributed by atoms with Crippen LogP contribution in [0.15, 0.2) is 48.5 Å². The first kappa shape index (κ1) is 17.3. The van der Waals surface area contributed by atoms with Crippen molar-refractivity contribution < 1.29 is 13.2 Å². The first-order valence-electron chi connectivity index (χ1n) is 7.11. The number of benzene rings is 2. The number of nitrogens with one attached hydrogen (secondary N) is 2. The normalized spacial score (nSPS) is 11.4. The van der Waals surface area contributed by atoms with Crippen LogP contribution in [0.2, 0.25) is 0 Å². The summed E-state index contributed by atoms with van der Waals surface area (Å²) in [4.78, 5) is 0. The molecule has 2 aromatic carbocycles. The maximum atomic E-state index is 12.7. The van der Waals surface area contributed by atoms with Crippen molar-refractivity contribution in [3.05, 3.63) is 59.7 Å². The number of anilines is 2. The maximum absolute atomic E-state index is 12.7. The Balaban J connectivity index is 2.12. The summed E-state index contributed by atoms with van der Waals surface area (Å²) in [5, 5.41) is 6.07. The SMILES string of the molecule is CC(C)c1ccccc1NC(=S)Nc1cccc(C(F)(F)F)c1. The molecular formula is C17H17F3N2S. The second-order valence-electron chi connectivity index (χ2n) is 5.40. The van der Waals surface area contributed by atoms with Gasteiger partial charge in [-0.15, -0.1) is 0 Å². The molecule has 0 saturated carbocycles. The summed E-state index contributed by atoms with van der Waals surface area (Å²) in [6.07, 6.45) is -4.38. The second-order valence-corrected chi connectivity index (χ2v) is 5.81. The Kier molecular flexibility index (Phi) is 5.26. The Hall–Kier alpha value is -2.08. The molecule has 0 aromatic heterocycles. The maximum Gasteiger partial charge on any atom is 0.416 e. The number of alkyl halides is 3. The van der Waals surface area contributed by atoms with Crippen LogP contribution < -0.4 is 10.6 Å². The lowest BCUT2D eigenvalue weighted by Gasteiger charge is -2.16. The van der Waals surface area contributed by atoms with Gasteiger partial charge in [-0.2, -0.15) is 13.2 Å². The van der Waals surface area contributed by atoms with Crippen LogP contribution >= 0.6 is 12.2 Å². The van der Waals surface area contributed by atoms with Gasteiger partial charge in [0.15, 0.2) is 5.11 Å². The Morgan fingerprint density at radius 3 is 2.35 bits per heavy atom. The molecule has 122 valence electrons. The molecule has 2 aromatic rings. The van der Waals surface area contributed by atoms with Gasteiger partial charge in [-0.1, -0.05) is 38.1 Å². The summed E-state index contributed by atoms with van der Waals surface area (Å²) in [6.45, 7) is 4.12. The van der Waals surface area contributed by atoms with E-state index in [9.17, 15) is 13.2 Å². The molecule has 0 radical (unpaired) electrons. The van der Waals surface area contributed by atoms with E-state index >= 15 is 0 Å². The zero-order valence-electron chi connectivity index (χ0n) is 12.7. The highest BCUT2D eigenvalue weighted by Gasteiger charge is 2.30. The fourth-order valence-corrected chi connectivity index (χ4v) is 2.40. The monoisotopic (exact) mass is 338 g/mol. The standard InChI is InChI=1S/C17H17F3N2S/c1-11(2)14-8-3-4-9-15(14)22-16(23)21-13-7-5-6-12(10-13)17(18,19)20/h3-11H,1-2H3,(H2,21,22,23). The van der Waals surface area contributed by atoms with Crippen LogP contribution in [0, 0.1) is 0 Å². The predicted octanol–water partition coefficient (Wildman–Crippen LogP) is 5.64. The highest BCUT2D eigenvalue weighted by Crippen LogP contribution is 2.30. The Bertz CT molecular complexity index is 696. The molecule has 0 fully saturated rings. The smallest absolute Gasteiger partial charge is 0.332 e. The van der Waals surface area contributed by atoms with E-state index < -0.39 is 11.7 Å². The minimum Gasteiger partial charge on any atom is -0.332 e. The van der Waals surface area contributed by atoms with Gasteiger partial charge < -0.3 is 10.6 Å². The number of rotatable bonds is 3. The first-order valence-corrected chi connectivity index (χ1v) is 7.52. The predicted molar refractivity (Wildman–Crippen MR) is 91.8 cm³/mol. The molecular weight excluding hydrogens is 321 g/mol. The quantitative estimate of drug-likeness (QED) is 0.709. The first-order chi connectivity index (χ1) is 10.8. The van der Waals surface area contributed by atoms with Gasteiger partial charge in [-0.3, -0.25) is 0 Å². The molecule has 0 bridgehead atoms. The lowest BCUT2D eigenvalue weighted by Crippen LogP contribution is -2.20. The highest BCUT2D eigenvalue weighted by atomic mass is 32.1. The topological polar surface area (TPSA) is 24.1 Å². The third-order valence-corrected chi connectivity index (χ3v) is 3.48. The van der Waals surface area contributed by atoms with E-state index in [0.717, 1.165) is 23.4 Å². The Morgan fingerprint density at radius 1 is 1.00 bits per heavy atom. The number of para-hydroxylation sites is 1. The molecule has 2 nitrogen and oxygen atoms in total. The molecule has 0 aliphatic heterocycles. The van der Waals surface area contributed by atoms with Gasteiger partial charge >= 0.3 is 6.18 Å². The molecule has 0 unspecified atom stereocenters. The average Bonchev–Trinajstić information content (AvgIpc) is 2.46. The molecule has 0 aliphatic rings. The van der Waals surface area contributed by atoms with E-state index in [0.29, 0.717) is 11.6 Å². The third kappa shape index (κ3) is 4.69. The molecule has 2 N–H and O–H groups in total. The largest absolute Gasteiger partial charge is 0.416 e. The van der Waals surface area contributed by atoms with Crippen LogP contribution in [0.4, 0.5) is 24.5 Å². The Labute approximate surface area is 138 Å². The molecule has 2 rings (SSSR count). The van der Waals surface area contributed by atoms with Gasteiger partial charge in [-0.25, -0.2) is 0 Å². The third-order valence-electron chi connectivity index (χ3n) is 3.28. The van der Waals surface area contributed by atoms with Crippen LogP contribution in [0.5, 0.6) is 0 Å². The van der Waals surface area contributed by atoms with E-state index in [2.05, 4.69) is 24.5 Å². The van der Waals surface area contributed by atoms with Gasteiger partial charge in [0.25, 0.3) is 0 Å². The summed E-state index contributed by atoms with van der Waals surface area (Å²) in [5.41, 5.74) is 1.50. The molecule has 23 heavy (non-hydrogen) atoms. The second kappa shape index (κ2) is 7.00. The summed E-state index contributed by atoms with van der Waals surface area (Å²) >= 11 is 5.20. The van der Waals surface area contributed by atoms with E-state index in [4.69, 9.17) is 12.2 Å². The van der Waals surface area contributed by atoms with E-state index in [1.807, 2.05) is 24.3 Å². The van der Waals surface area contributed by atoms with Gasteiger partial charge in [0.05, 0.1) is 5.56 Å². The van der Waals surface area contributed by atoms with Crippen molar-refractivity contribution in [1.82, 2.24) is 0 Å². The van der Waals surface area contributed by atoms with Crippen LogP contribution in [0.25, 0.3) is 0 Å². The van der Waals surface area contributed by atoms with E-state index in [1.165, 1.54) is 12.1 Å². The molecule has 0 saturated heterocycles. The van der Waals surface area contributed by atoms with Crippen LogP contribution in [0.3, 0.4) is 0 Å². The lowest BCUT2D eigenvalue weighted by molar-refractivity contribution is -0.137. The fourth-order valence-electron chi connectivity index (χ4n) is 2.17. The molecule has 6 heteroatoms. The van der Waals surface area contributed by atoms with Crippen molar-refractivity contribution in [1.29, 1.82) is 0 Å². The molecule has 0 atom stereocenters. The number of thiocarbonyl (C=S) groups is 1. The summed E-state index contributed by atoms with van der Waals surface area (Å²) < 4.78 is 38.2. The van der Waals surface area contributed by atoms with E-state index in [1.54, 1.807) is 0 Å². The van der Waals surface area contributed by atoms with Gasteiger partial charge in [-0.05, 0) is 48.0 Å². The fraction of sp³-hybridized carbons (Fsp3) is 0.235. The van der Waals surface area contributed by atoms with Gasteiger partial charge in [0.1, 0.15) is 0 Å². The van der Waals surface area contributed by atoms with Gasteiger partial charge in [0, 0.05) is 11.4 Å². The minimum absolute atomic E-state index is 0.248. The van der Waals surface area contributed by atoms with Crippen LogP contribution in [-0.4, -0.2) is 5.11 Å². The number of halogens is 3. The number of hydrogen-bond acceptors (Lipinski definition) is 1. The van der Waals surface area contributed by atoms with Crippen molar-refractivity contribution in [2.24, 2.45) is 0 Å². The highest BCUT2D eigenvalue weighted by molar-refractivity contribution is 7.80.